The zero-order chi connectivity index (χ0) is 21.2. The SMILES string of the molecule is COC(=O)C(C(=O)OC)[C@@H](/C=C/c1ccccc1)Cc1ccc(OC(C)=O)cc1. The minimum atomic E-state index is -1.10. The Balaban J connectivity index is 2.32. The summed E-state index contributed by atoms with van der Waals surface area (Å²) >= 11 is 0. The molecule has 0 aromatic heterocycles. The zero-order valence-corrected chi connectivity index (χ0v) is 16.7. The summed E-state index contributed by atoms with van der Waals surface area (Å²) in [6, 6.07) is 16.5. The predicted octanol–water partition coefficient (Wildman–Crippen LogP) is 3.45. The molecule has 0 saturated heterocycles. The monoisotopic (exact) mass is 396 g/mol. The van der Waals surface area contributed by atoms with E-state index in [0.29, 0.717) is 12.2 Å². The molecular formula is C23H24O6. The van der Waals surface area contributed by atoms with Crippen molar-refractivity contribution < 1.29 is 28.6 Å². The number of hydrogen-bond donors (Lipinski definition) is 0. The number of carbonyl (C=O) groups excluding carboxylic acids is 3. The number of methoxy groups -OCH3 is 2. The second kappa shape index (κ2) is 10.8. The molecule has 2 aromatic rings. The minimum Gasteiger partial charge on any atom is -0.468 e. The van der Waals surface area contributed by atoms with Crippen LogP contribution in [0, 0.1) is 11.8 Å². The lowest BCUT2D eigenvalue weighted by Gasteiger charge is -2.21. The Kier molecular flexibility index (Phi) is 8.15. The van der Waals surface area contributed by atoms with E-state index in [1.54, 1.807) is 24.3 Å². The molecule has 0 unspecified atom stereocenters. The highest BCUT2D eigenvalue weighted by Crippen LogP contribution is 2.25. The predicted molar refractivity (Wildman–Crippen MR) is 108 cm³/mol. The molecule has 0 N–H and O–H groups in total. The van der Waals surface area contributed by atoms with Gasteiger partial charge in [0.05, 0.1) is 14.2 Å². The minimum absolute atomic E-state index is 0.387. The summed E-state index contributed by atoms with van der Waals surface area (Å²) in [5.74, 6) is -2.88. The molecule has 0 radical (unpaired) electrons. The number of rotatable bonds is 8. The van der Waals surface area contributed by atoms with Gasteiger partial charge in [-0.25, -0.2) is 0 Å². The Morgan fingerprint density at radius 1 is 0.897 bits per heavy atom. The quantitative estimate of drug-likeness (QED) is 0.386. The third kappa shape index (κ3) is 6.60. The van der Waals surface area contributed by atoms with Crippen LogP contribution in [0.3, 0.4) is 0 Å². The summed E-state index contributed by atoms with van der Waals surface area (Å²) in [4.78, 5) is 35.7. The Labute approximate surface area is 170 Å². The van der Waals surface area contributed by atoms with Gasteiger partial charge >= 0.3 is 17.9 Å². The van der Waals surface area contributed by atoms with Gasteiger partial charge in [0.1, 0.15) is 5.75 Å². The molecule has 6 nitrogen and oxygen atoms in total. The van der Waals surface area contributed by atoms with E-state index in [1.165, 1.54) is 21.1 Å². The summed E-state index contributed by atoms with van der Waals surface area (Å²) in [6.07, 6.45) is 4.06. The molecule has 29 heavy (non-hydrogen) atoms. The average Bonchev–Trinajstić information content (AvgIpc) is 2.73. The fourth-order valence-corrected chi connectivity index (χ4v) is 2.93. The first-order valence-electron chi connectivity index (χ1n) is 9.11. The molecule has 0 aliphatic heterocycles. The highest BCUT2D eigenvalue weighted by molar-refractivity contribution is 5.95. The Bertz CT molecular complexity index is 839. The summed E-state index contributed by atoms with van der Waals surface area (Å²) in [7, 11) is 2.48. The van der Waals surface area contributed by atoms with Crippen molar-refractivity contribution in [3.05, 3.63) is 71.8 Å². The maximum atomic E-state index is 12.3. The van der Waals surface area contributed by atoms with Gasteiger partial charge in [0.15, 0.2) is 5.92 Å². The van der Waals surface area contributed by atoms with Crippen LogP contribution in [-0.4, -0.2) is 32.1 Å². The molecule has 0 bridgehead atoms. The van der Waals surface area contributed by atoms with E-state index in [0.717, 1.165) is 11.1 Å². The van der Waals surface area contributed by atoms with Gasteiger partial charge in [0.25, 0.3) is 0 Å². The van der Waals surface area contributed by atoms with Crippen LogP contribution in [0.4, 0.5) is 0 Å². The molecule has 6 heteroatoms. The first kappa shape index (κ1) is 21.9. The fraction of sp³-hybridized carbons (Fsp3) is 0.261. The first-order valence-corrected chi connectivity index (χ1v) is 9.11. The molecule has 0 heterocycles. The molecule has 0 aliphatic carbocycles. The van der Waals surface area contributed by atoms with E-state index in [1.807, 2.05) is 42.5 Å². The van der Waals surface area contributed by atoms with E-state index in [2.05, 4.69) is 0 Å². The van der Waals surface area contributed by atoms with Crippen LogP contribution >= 0.6 is 0 Å². The third-order valence-corrected chi connectivity index (χ3v) is 4.33. The van der Waals surface area contributed by atoms with E-state index in [9.17, 15) is 14.4 Å². The van der Waals surface area contributed by atoms with E-state index >= 15 is 0 Å². The lowest BCUT2D eigenvalue weighted by atomic mass is 9.86. The normalized spacial score (nSPS) is 11.9. The first-order chi connectivity index (χ1) is 13.9. The van der Waals surface area contributed by atoms with Crippen LogP contribution in [-0.2, 0) is 30.3 Å². The molecule has 0 saturated carbocycles. The molecule has 152 valence electrons. The number of allylic oxidation sites excluding steroid dienone is 1. The van der Waals surface area contributed by atoms with Crippen molar-refractivity contribution in [3.8, 4) is 5.75 Å². The lowest BCUT2D eigenvalue weighted by Crippen LogP contribution is -2.33. The summed E-state index contributed by atoms with van der Waals surface area (Å²) < 4.78 is 14.7. The number of benzene rings is 2. The van der Waals surface area contributed by atoms with Crippen molar-refractivity contribution in [2.45, 2.75) is 13.3 Å². The maximum absolute atomic E-state index is 12.3. The Morgan fingerprint density at radius 2 is 1.48 bits per heavy atom. The standard InChI is InChI=1S/C23H24O6/c1-16(24)29-20-13-10-18(11-14-20)15-19(12-9-17-7-5-4-6-8-17)21(22(25)27-2)23(26)28-3/h4-14,19,21H,15H2,1-3H3/b12-9+/t19-/m0/s1. The van der Waals surface area contributed by atoms with Gasteiger partial charge in [-0.05, 0) is 29.7 Å². The highest BCUT2D eigenvalue weighted by atomic mass is 16.5. The van der Waals surface area contributed by atoms with Crippen molar-refractivity contribution in [1.82, 2.24) is 0 Å². The second-order valence-electron chi connectivity index (χ2n) is 6.40. The molecule has 0 amide bonds. The van der Waals surface area contributed by atoms with Crippen LogP contribution in [0.5, 0.6) is 5.75 Å². The van der Waals surface area contributed by atoms with Crippen molar-refractivity contribution in [3.63, 3.8) is 0 Å². The van der Waals surface area contributed by atoms with Gasteiger partial charge in [-0.15, -0.1) is 0 Å². The van der Waals surface area contributed by atoms with Crippen LogP contribution in [0.2, 0.25) is 0 Å². The second-order valence-corrected chi connectivity index (χ2v) is 6.40. The molecule has 2 rings (SSSR count). The molecule has 1 atom stereocenters. The third-order valence-electron chi connectivity index (χ3n) is 4.33. The summed E-state index contributed by atoms with van der Waals surface area (Å²) in [6.45, 7) is 1.33. The lowest BCUT2D eigenvalue weighted by molar-refractivity contribution is -0.160. The highest BCUT2D eigenvalue weighted by Gasteiger charge is 2.35. The van der Waals surface area contributed by atoms with Gasteiger partial charge in [-0.3, -0.25) is 14.4 Å². The molecule has 2 aromatic carbocycles. The van der Waals surface area contributed by atoms with Crippen LogP contribution in [0.15, 0.2) is 60.7 Å². The Morgan fingerprint density at radius 3 is 2.00 bits per heavy atom. The molecule has 0 aliphatic rings. The van der Waals surface area contributed by atoms with Gasteiger partial charge in [-0.1, -0.05) is 54.6 Å². The summed E-state index contributed by atoms with van der Waals surface area (Å²) in [5.41, 5.74) is 1.80. The number of esters is 3. The van der Waals surface area contributed by atoms with Gasteiger partial charge in [0, 0.05) is 12.8 Å². The van der Waals surface area contributed by atoms with Crippen molar-refractivity contribution >= 4 is 24.0 Å². The summed E-state index contributed by atoms with van der Waals surface area (Å²) in [5, 5.41) is 0. The average molecular weight is 396 g/mol. The van der Waals surface area contributed by atoms with Gasteiger partial charge in [-0.2, -0.15) is 0 Å². The van der Waals surface area contributed by atoms with Gasteiger partial charge < -0.3 is 14.2 Å². The van der Waals surface area contributed by atoms with Crippen LogP contribution in [0.1, 0.15) is 18.1 Å². The van der Waals surface area contributed by atoms with Crippen LogP contribution < -0.4 is 4.74 Å². The van der Waals surface area contributed by atoms with E-state index in [-0.39, 0.29) is 0 Å². The Hall–Kier alpha value is -3.41. The largest absolute Gasteiger partial charge is 0.468 e. The van der Waals surface area contributed by atoms with E-state index < -0.39 is 29.7 Å². The smallest absolute Gasteiger partial charge is 0.320 e. The fourth-order valence-electron chi connectivity index (χ4n) is 2.93. The van der Waals surface area contributed by atoms with E-state index in [4.69, 9.17) is 14.2 Å². The molecule has 0 spiro atoms. The van der Waals surface area contributed by atoms with Gasteiger partial charge in [0.2, 0.25) is 0 Å². The molecule has 0 fully saturated rings. The van der Waals surface area contributed by atoms with Crippen LogP contribution in [0.25, 0.3) is 6.08 Å². The van der Waals surface area contributed by atoms with Crippen molar-refractivity contribution in [2.75, 3.05) is 14.2 Å². The number of carbonyl (C=O) groups is 3. The number of ether oxygens (including phenoxy) is 3. The number of hydrogen-bond acceptors (Lipinski definition) is 6. The van der Waals surface area contributed by atoms with Crippen molar-refractivity contribution in [2.24, 2.45) is 11.8 Å². The van der Waals surface area contributed by atoms with Crippen molar-refractivity contribution in [1.29, 1.82) is 0 Å². The molecular weight excluding hydrogens is 372 g/mol. The maximum Gasteiger partial charge on any atom is 0.320 e. The topological polar surface area (TPSA) is 78.9 Å². The zero-order valence-electron chi connectivity index (χ0n) is 16.7.